The molecule has 0 spiro atoms. The maximum absolute atomic E-state index is 11.6. The van der Waals surface area contributed by atoms with E-state index < -0.39 is 0 Å². The van der Waals surface area contributed by atoms with Gasteiger partial charge in [-0.05, 0) is 31.2 Å². The predicted octanol–water partition coefficient (Wildman–Crippen LogP) is 0.212. The Morgan fingerprint density at radius 2 is 2.39 bits per heavy atom. The van der Waals surface area contributed by atoms with Crippen LogP contribution in [-0.4, -0.2) is 31.6 Å². The Hall–Kier alpha value is -2.06. The minimum Gasteiger partial charge on any atom is -0.360 e. The molecule has 0 radical (unpaired) electrons. The number of hydrogen-bond acceptors (Lipinski definition) is 4. The van der Waals surface area contributed by atoms with Crippen LogP contribution in [-0.2, 0) is 4.79 Å². The van der Waals surface area contributed by atoms with Crippen molar-refractivity contribution in [3.63, 3.8) is 0 Å². The fourth-order valence-corrected chi connectivity index (χ4v) is 2.16. The Labute approximate surface area is 106 Å². The molecule has 5 heteroatoms. The number of nitrogens with two attached hydrogens (primary N) is 1. The number of anilines is 1. The van der Waals surface area contributed by atoms with Gasteiger partial charge in [0.15, 0.2) is 0 Å². The van der Waals surface area contributed by atoms with E-state index >= 15 is 0 Å². The average Bonchev–Trinajstić information content (AvgIpc) is 2.38. The normalized spacial score (nSPS) is 19.2. The zero-order valence-electron chi connectivity index (χ0n) is 10.1. The quantitative estimate of drug-likeness (QED) is 0.796. The summed E-state index contributed by atoms with van der Waals surface area (Å²) in [5, 5.41) is 11.8. The number of piperazine rings is 1. The van der Waals surface area contributed by atoms with Crippen molar-refractivity contribution in [2.75, 3.05) is 24.5 Å². The van der Waals surface area contributed by atoms with Crippen molar-refractivity contribution in [2.24, 2.45) is 5.73 Å². The SMILES string of the molecule is N#Cc1cccc(N2CC(=O)NC(CCN)C2)c1. The van der Waals surface area contributed by atoms with Gasteiger partial charge in [-0.2, -0.15) is 5.26 Å². The van der Waals surface area contributed by atoms with E-state index in [0.717, 1.165) is 18.7 Å². The minimum atomic E-state index is 0.00191. The van der Waals surface area contributed by atoms with E-state index in [4.69, 9.17) is 11.0 Å². The summed E-state index contributed by atoms with van der Waals surface area (Å²) in [5.74, 6) is 0.00191. The molecule has 94 valence electrons. The molecule has 1 aliphatic rings. The highest BCUT2D eigenvalue weighted by Crippen LogP contribution is 2.18. The van der Waals surface area contributed by atoms with E-state index in [2.05, 4.69) is 11.4 Å². The Morgan fingerprint density at radius 1 is 1.56 bits per heavy atom. The Kier molecular flexibility index (Phi) is 3.80. The molecule has 1 saturated heterocycles. The first kappa shape index (κ1) is 12.4. The standard InChI is InChI=1S/C13H16N4O/c14-5-4-11-8-17(9-13(18)16-11)12-3-1-2-10(6-12)7-15/h1-3,6,11H,4-5,8-9,14H2,(H,16,18). The topological polar surface area (TPSA) is 82.2 Å². The van der Waals surface area contributed by atoms with E-state index in [-0.39, 0.29) is 11.9 Å². The van der Waals surface area contributed by atoms with Crippen LogP contribution in [0.1, 0.15) is 12.0 Å². The molecule has 3 N–H and O–H groups in total. The second kappa shape index (κ2) is 5.52. The van der Waals surface area contributed by atoms with Gasteiger partial charge in [0.05, 0.1) is 18.2 Å². The monoisotopic (exact) mass is 244 g/mol. The Bertz CT molecular complexity index is 480. The second-order valence-electron chi connectivity index (χ2n) is 4.38. The van der Waals surface area contributed by atoms with Crippen molar-refractivity contribution in [3.05, 3.63) is 29.8 Å². The van der Waals surface area contributed by atoms with E-state index in [9.17, 15) is 4.79 Å². The smallest absolute Gasteiger partial charge is 0.239 e. The summed E-state index contributed by atoms with van der Waals surface area (Å²) in [5.41, 5.74) is 7.04. The summed E-state index contributed by atoms with van der Waals surface area (Å²) in [6.07, 6.45) is 0.764. The first-order chi connectivity index (χ1) is 8.72. The highest BCUT2D eigenvalue weighted by Gasteiger charge is 2.24. The fourth-order valence-electron chi connectivity index (χ4n) is 2.16. The number of amides is 1. The average molecular weight is 244 g/mol. The minimum absolute atomic E-state index is 0.00191. The molecular weight excluding hydrogens is 228 g/mol. The van der Waals surface area contributed by atoms with E-state index in [1.54, 1.807) is 12.1 Å². The van der Waals surface area contributed by atoms with Gasteiger partial charge >= 0.3 is 0 Å². The van der Waals surface area contributed by atoms with Crippen molar-refractivity contribution < 1.29 is 4.79 Å². The fraction of sp³-hybridized carbons (Fsp3) is 0.385. The maximum Gasteiger partial charge on any atom is 0.239 e. The number of rotatable bonds is 3. The van der Waals surface area contributed by atoms with Crippen LogP contribution in [0.15, 0.2) is 24.3 Å². The highest BCUT2D eigenvalue weighted by molar-refractivity contribution is 5.83. The molecule has 1 amide bonds. The summed E-state index contributed by atoms with van der Waals surface area (Å²) >= 11 is 0. The van der Waals surface area contributed by atoms with Crippen LogP contribution < -0.4 is 16.0 Å². The highest BCUT2D eigenvalue weighted by atomic mass is 16.2. The van der Waals surface area contributed by atoms with Gasteiger partial charge < -0.3 is 16.0 Å². The number of nitrogens with one attached hydrogen (secondary N) is 1. The third kappa shape index (κ3) is 2.79. The molecule has 1 aliphatic heterocycles. The maximum atomic E-state index is 11.6. The second-order valence-corrected chi connectivity index (χ2v) is 4.38. The lowest BCUT2D eigenvalue weighted by Gasteiger charge is -2.34. The molecule has 0 aromatic heterocycles. The summed E-state index contributed by atoms with van der Waals surface area (Å²) in [6, 6.07) is 9.50. The van der Waals surface area contributed by atoms with Gasteiger partial charge in [-0.3, -0.25) is 4.79 Å². The Morgan fingerprint density at radius 3 is 3.11 bits per heavy atom. The number of nitrogens with zero attached hydrogens (tertiary/aromatic N) is 2. The van der Waals surface area contributed by atoms with Crippen LogP contribution >= 0.6 is 0 Å². The number of nitriles is 1. The van der Waals surface area contributed by atoms with Gasteiger partial charge in [0.25, 0.3) is 0 Å². The van der Waals surface area contributed by atoms with Crippen LogP contribution in [0.5, 0.6) is 0 Å². The lowest BCUT2D eigenvalue weighted by Crippen LogP contribution is -2.54. The van der Waals surface area contributed by atoms with Crippen molar-refractivity contribution in [3.8, 4) is 6.07 Å². The summed E-state index contributed by atoms with van der Waals surface area (Å²) < 4.78 is 0. The number of carbonyl (C=O) groups is 1. The number of benzene rings is 1. The van der Waals surface area contributed by atoms with E-state index in [1.165, 1.54) is 0 Å². The molecule has 1 unspecified atom stereocenters. The van der Waals surface area contributed by atoms with Crippen LogP contribution in [0.3, 0.4) is 0 Å². The third-order valence-electron chi connectivity index (χ3n) is 3.00. The zero-order valence-corrected chi connectivity index (χ0v) is 10.1. The first-order valence-electron chi connectivity index (χ1n) is 5.97. The van der Waals surface area contributed by atoms with Crippen LogP contribution in [0.2, 0.25) is 0 Å². The predicted molar refractivity (Wildman–Crippen MR) is 69.0 cm³/mol. The van der Waals surface area contributed by atoms with Gasteiger partial charge in [-0.15, -0.1) is 0 Å². The summed E-state index contributed by atoms with van der Waals surface area (Å²) in [6.45, 7) is 1.62. The molecule has 0 saturated carbocycles. The van der Waals surface area contributed by atoms with Gasteiger partial charge in [0.1, 0.15) is 0 Å². The van der Waals surface area contributed by atoms with Crippen molar-refractivity contribution in [1.82, 2.24) is 5.32 Å². The van der Waals surface area contributed by atoms with Gasteiger partial charge in [0, 0.05) is 18.3 Å². The van der Waals surface area contributed by atoms with Crippen LogP contribution in [0, 0.1) is 11.3 Å². The molecule has 2 rings (SSSR count). The first-order valence-corrected chi connectivity index (χ1v) is 5.97. The van der Waals surface area contributed by atoms with Gasteiger partial charge in [-0.1, -0.05) is 6.07 Å². The summed E-state index contributed by atoms with van der Waals surface area (Å²) in [4.78, 5) is 13.6. The molecule has 18 heavy (non-hydrogen) atoms. The number of carbonyl (C=O) groups excluding carboxylic acids is 1. The van der Waals surface area contributed by atoms with Crippen molar-refractivity contribution in [2.45, 2.75) is 12.5 Å². The lowest BCUT2D eigenvalue weighted by atomic mass is 10.1. The molecule has 1 heterocycles. The van der Waals surface area contributed by atoms with Crippen molar-refractivity contribution in [1.29, 1.82) is 5.26 Å². The zero-order chi connectivity index (χ0) is 13.0. The summed E-state index contributed by atoms with van der Waals surface area (Å²) in [7, 11) is 0. The van der Waals surface area contributed by atoms with Crippen LogP contribution in [0.4, 0.5) is 5.69 Å². The molecule has 1 fully saturated rings. The van der Waals surface area contributed by atoms with E-state index in [0.29, 0.717) is 18.7 Å². The molecule has 5 nitrogen and oxygen atoms in total. The van der Waals surface area contributed by atoms with Crippen LogP contribution in [0.25, 0.3) is 0 Å². The molecule has 0 bridgehead atoms. The number of hydrogen-bond donors (Lipinski definition) is 2. The molecule has 1 aromatic rings. The molecule has 1 atom stereocenters. The van der Waals surface area contributed by atoms with Gasteiger partial charge in [0.2, 0.25) is 5.91 Å². The molecular formula is C13H16N4O. The molecule has 0 aliphatic carbocycles. The lowest BCUT2D eigenvalue weighted by molar-refractivity contribution is -0.121. The van der Waals surface area contributed by atoms with Crippen molar-refractivity contribution >= 4 is 11.6 Å². The van der Waals surface area contributed by atoms with E-state index in [1.807, 2.05) is 17.0 Å². The molecule has 1 aromatic carbocycles. The largest absolute Gasteiger partial charge is 0.360 e. The third-order valence-corrected chi connectivity index (χ3v) is 3.00. The van der Waals surface area contributed by atoms with Gasteiger partial charge in [-0.25, -0.2) is 0 Å². The Balaban J connectivity index is 2.16.